The van der Waals surface area contributed by atoms with Crippen LogP contribution in [0.15, 0.2) is 24.3 Å². The Morgan fingerprint density at radius 2 is 1.94 bits per heavy atom. The van der Waals surface area contributed by atoms with Gasteiger partial charge >= 0.3 is 0 Å². The van der Waals surface area contributed by atoms with Crippen LogP contribution in [-0.4, -0.2) is 29.8 Å². The van der Waals surface area contributed by atoms with Crippen LogP contribution in [0.25, 0.3) is 0 Å². The Labute approximate surface area is 107 Å². The predicted octanol–water partition coefficient (Wildman–Crippen LogP) is 0.535. The van der Waals surface area contributed by atoms with E-state index in [2.05, 4.69) is 0 Å². The molecule has 0 spiro atoms. The Bertz CT molecular complexity index is 432. The molecular weight excluding hydrogens is 230 g/mol. The number of likely N-dealkylation sites (N-methyl/N-ethyl adjacent to an activating group) is 1. The van der Waals surface area contributed by atoms with Gasteiger partial charge < -0.3 is 16.4 Å². The normalized spacial score (nSPS) is 10.1. The number of hydrogen-bond acceptors (Lipinski definition) is 3. The van der Waals surface area contributed by atoms with Crippen LogP contribution >= 0.6 is 0 Å². The fourth-order valence-corrected chi connectivity index (χ4v) is 1.73. The van der Waals surface area contributed by atoms with Crippen molar-refractivity contribution in [3.05, 3.63) is 29.8 Å². The number of anilines is 1. The van der Waals surface area contributed by atoms with E-state index in [9.17, 15) is 9.59 Å². The van der Waals surface area contributed by atoms with Crippen molar-refractivity contribution < 1.29 is 9.59 Å². The van der Waals surface area contributed by atoms with Gasteiger partial charge in [-0.15, -0.1) is 0 Å². The quantitative estimate of drug-likeness (QED) is 0.721. The van der Waals surface area contributed by atoms with Gasteiger partial charge in [-0.2, -0.15) is 0 Å². The first-order chi connectivity index (χ1) is 8.54. The smallest absolute Gasteiger partial charge is 0.237 e. The van der Waals surface area contributed by atoms with Crippen LogP contribution in [0.4, 0.5) is 5.69 Å². The molecule has 0 atom stereocenters. The number of hydrogen-bond donors (Lipinski definition) is 2. The third-order valence-corrected chi connectivity index (χ3v) is 2.74. The molecule has 0 heterocycles. The van der Waals surface area contributed by atoms with E-state index in [1.165, 1.54) is 4.90 Å². The molecule has 98 valence electrons. The van der Waals surface area contributed by atoms with Crippen LogP contribution in [-0.2, 0) is 16.0 Å². The minimum Gasteiger partial charge on any atom is -0.399 e. The number of rotatable bonds is 6. The lowest BCUT2D eigenvalue weighted by atomic mass is 10.1. The third-order valence-electron chi connectivity index (χ3n) is 2.74. The molecule has 0 aromatic heterocycles. The summed E-state index contributed by atoms with van der Waals surface area (Å²) in [6.07, 6.45) is 0.899. The molecule has 1 aromatic carbocycles. The van der Waals surface area contributed by atoms with Gasteiger partial charge in [0, 0.05) is 18.7 Å². The Hall–Kier alpha value is -2.04. The second-order valence-electron chi connectivity index (χ2n) is 4.07. The van der Waals surface area contributed by atoms with E-state index in [4.69, 9.17) is 11.5 Å². The topological polar surface area (TPSA) is 89.4 Å². The standard InChI is InChI=1S/C13H19N3O2/c1-2-16(9-12(15)17)13(18)8-7-10-5-3-4-6-11(10)14/h3-6H,2,7-9,14H2,1H3,(H2,15,17). The van der Waals surface area contributed by atoms with E-state index in [1.54, 1.807) is 6.07 Å². The predicted molar refractivity (Wildman–Crippen MR) is 70.6 cm³/mol. The zero-order chi connectivity index (χ0) is 13.5. The number of nitrogens with two attached hydrogens (primary N) is 2. The lowest BCUT2D eigenvalue weighted by molar-refractivity contribution is -0.134. The monoisotopic (exact) mass is 249 g/mol. The summed E-state index contributed by atoms with van der Waals surface area (Å²) >= 11 is 0. The van der Waals surface area contributed by atoms with Crippen molar-refractivity contribution in [2.24, 2.45) is 5.73 Å². The first-order valence-corrected chi connectivity index (χ1v) is 5.94. The highest BCUT2D eigenvalue weighted by Gasteiger charge is 2.13. The van der Waals surface area contributed by atoms with E-state index in [0.717, 1.165) is 5.56 Å². The summed E-state index contributed by atoms with van der Waals surface area (Å²) in [5.41, 5.74) is 12.5. The fourth-order valence-electron chi connectivity index (χ4n) is 1.73. The summed E-state index contributed by atoms with van der Waals surface area (Å²) in [5, 5.41) is 0. The Balaban J connectivity index is 2.54. The van der Waals surface area contributed by atoms with Crippen LogP contribution in [0.3, 0.4) is 0 Å². The minimum atomic E-state index is -0.496. The largest absolute Gasteiger partial charge is 0.399 e. The maximum Gasteiger partial charge on any atom is 0.237 e. The summed E-state index contributed by atoms with van der Waals surface area (Å²) in [4.78, 5) is 24.1. The van der Waals surface area contributed by atoms with Crippen molar-refractivity contribution in [2.75, 3.05) is 18.8 Å². The second-order valence-corrected chi connectivity index (χ2v) is 4.07. The van der Waals surface area contributed by atoms with Crippen molar-refractivity contribution in [3.8, 4) is 0 Å². The molecule has 0 aliphatic heterocycles. The first kappa shape index (κ1) is 14.0. The number of benzene rings is 1. The number of aryl methyl sites for hydroxylation is 1. The van der Waals surface area contributed by atoms with Crippen molar-refractivity contribution in [3.63, 3.8) is 0 Å². The molecule has 5 heteroatoms. The van der Waals surface area contributed by atoms with E-state index in [0.29, 0.717) is 25.1 Å². The molecule has 0 unspecified atom stereocenters. The summed E-state index contributed by atoms with van der Waals surface area (Å²) in [6.45, 7) is 2.27. The highest BCUT2D eigenvalue weighted by molar-refractivity contribution is 5.84. The Morgan fingerprint density at radius 3 is 2.50 bits per heavy atom. The van der Waals surface area contributed by atoms with E-state index >= 15 is 0 Å². The molecule has 5 nitrogen and oxygen atoms in total. The number of carbonyl (C=O) groups is 2. The van der Waals surface area contributed by atoms with Crippen molar-refractivity contribution in [1.29, 1.82) is 0 Å². The number of amides is 2. The minimum absolute atomic E-state index is 0.0282. The number of carbonyl (C=O) groups excluding carboxylic acids is 2. The molecule has 1 rings (SSSR count). The zero-order valence-corrected chi connectivity index (χ0v) is 10.6. The highest BCUT2D eigenvalue weighted by Crippen LogP contribution is 2.13. The van der Waals surface area contributed by atoms with Crippen LogP contribution < -0.4 is 11.5 Å². The average Bonchev–Trinajstić information content (AvgIpc) is 2.34. The Morgan fingerprint density at radius 1 is 1.28 bits per heavy atom. The van der Waals surface area contributed by atoms with Crippen LogP contribution in [0.1, 0.15) is 18.9 Å². The van der Waals surface area contributed by atoms with Gasteiger partial charge in [-0.05, 0) is 25.0 Å². The summed E-state index contributed by atoms with van der Waals surface area (Å²) in [6, 6.07) is 7.44. The highest BCUT2D eigenvalue weighted by atomic mass is 16.2. The van der Waals surface area contributed by atoms with E-state index in [1.807, 2.05) is 25.1 Å². The fraction of sp³-hybridized carbons (Fsp3) is 0.385. The molecule has 0 radical (unpaired) electrons. The average molecular weight is 249 g/mol. The lowest BCUT2D eigenvalue weighted by Gasteiger charge is -2.19. The maximum absolute atomic E-state index is 11.9. The van der Waals surface area contributed by atoms with Gasteiger partial charge in [0.05, 0.1) is 6.54 Å². The molecule has 0 aliphatic carbocycles. The van der Waals surface area contributed by atoms with Gasteiger partial charge in [0.15, 0.2) is 0 Å². The first-order valence-electron chi connectivity index (χ1n) is 5.94. The summed E-state index contributed by atoms with van der Waals surface area (Å²) < 4.78 is 0. The molecule has 4 N–H and O–H groups in total. The molecule has 2 amide bonds. The second kappa shape index (κ2) is 6.64. The van der Waals surface area contributed by atoms with Gasteiger partial charge in [-0.3, -0.25) is 9.59 Å². The number of primary amides is 1. The molecule has 18 heavy (non-hydrogen) atoms. The van der Waals surface area contributed by atoms with Gasteiger partial charge in [-0.1, -0.05) is 18.2 Å². The van der Waals surface area contributed by atoms with Crippen molar-refractivity contribution in [1.82, 2.24) is 4.90 Å². The van der Waals surface area contributed by atoms with Gasteiger partial charge in [-0.25, -0.2) is 0 Å². The van der Waals surface area contributed by atoms with Crippen molar-refractivity contribution >= 4 is 17.5 Å². The maximum atomic E-state index is 11.9. The number of nitrogens with zero attached hydrogens (tertiary/aromatic N) is 1. The van der Waals surface area contributed by atoms with Gasteiger partial charge in [0.2, 0.25) is 11.8 Å². The van der Waals surface area contributed by atoms with E-state index in [-0.39, 0.29) is 12.5 Å². The van der Waals surface area contributed by atoms with E-state index < -0.39 is 5.91 Å². The molecule has 0 saturated carbocycles. The third kappa shape index (κ3) is 4.08. The lowest BCUT2D eigenvalue weighted by Crippen LogP contribution is -2.38. The zero-order valence-electron chi connectivity index (χ0n) is 10.6. The molecule has 0 aliphatic rings. The molecule has 1 aromatic rings. The SMILES string of the molecule is CCN(CC(N)=O)C(=O)CCc1ccccc1N. The van der Waals surface area contributed by atoms with Crippen LogP contribution in [0.5, 0.6) is 0 Å². The van der Waals surface area contributed by atoms with Crippen LogP contribution in [0, 0.1) is 0 Å². The van der Waals surface area contributed by atoms with Gasteiger partial charge in [0.25, 0.3) is 0 Å². The molecule has 0 saturated heterocycles. The molecular formula is C13H19N3O2. The van der Waals surface area contributed by atoms with Crippen molar-refractivity contribution in [2.45, 2.75) is 19.8 Å². The summed E-state index contributed by atoms with van der Waals surface area (Å²) in [5.74, 6) is -0.580. The number of nitrogen functional groups attached to an aromatic ring is 1. The molecule has 0 fully saturated rings. The summed E-state index contributed by atoms with van der Waals surface area (Å²) in [7, 11) is 0. The Kier molecular flexibility index (Phi) is 5.17. The van der Waals surface area contributed by atoms with Crippen LogP contribution in [0.2, 0.25) is 0 Å². The molecule has 0 bridgehead atoms. The van der Waals surface area contributed by atoms with Gasteiger partial charge in [0.1, 0.15) is 0 Å². The number of para-hydroxylation sites is 1.